The van der Waals surface area contributed by atoms with Crippen LogP contribution in [0.2, 0.25) is 0 Å². The molecule has 0 atom stereocenters. The van der Waals surface area contributed by atoms with E-state index >= 15 is 0 Å². The van der Waals surface area contributed by atoms with Crippen molar-refractivity contribution in [1.82, 2.24) is 14.0 Å². The van der Waals surface area contributed by atoms with E-state index in [4.69, 9.17) is 0 Å². The summed E-state index contributed by atoms with van der Waals surface area (Å²) in [6.45, 7) is 2.05. The molecule has 7 aromatic rings. The Morgan fingerprint density at radius 3 is 1.50 bits per heavy atom. The van der Waals surface area contributed by atoms with Gasteiger partial charge in [-0.25, -0.2) is 0 Å². The highest BCUT2D eigenvalue weighted by atomic mass is 16.6. The van der Waals surface area contributed by atoms with Crippen LogP contribution in [-0.4, -0.2) is 29.8 Å². The Hall–Kier alpha value is -6.03. The number of hydrogen-bond acceptors (Lipinski definition) is 5. The molecule has 0 N–H and O–H groups in total. The van der Waals surface area contributed by atoms with Crippen molar-refractivity contribution in [2.75, 3.05) is 0 Å². The van der Waals surface area contributed by atoms with Crippen molar-refractivity contribution < 1.29 is 14.6 Å². The number of hydrogen-bond donors (Lipinski definition) is 0. The van der Waals surface area contributed by atoms with Crippen LogP contribution in [0.25, 0.3) is 43.6 Å². The highest BCUT2D eigenvalue weighted by Crippen LogP contribution is 2.34. The second-order valence-corrected chi connectivity index (χ2v) is 11.8. The molecule has 0 aliphatic carbocycles. The molecular weight excluding hydrogens is 582 g/mol. The average Bonchev–Trinajstić information content (AvgIpc) is 3.55. The van der Waals surface area contributed by atoms with Crippen molar-refractivity contribution in [3.63, 3.8) is 0 Å². The standard InChI is InChI=1S/C36H27N5O5/c42-36(25-18-26(40(43)44)20-27(19-25)41(45)46)37-21-23-10-12-34-30(16-23)28-6-1-3-8-32(28)38(34)14-5-15-39-33-9-4-2-7-29(33)31-17-24(22-37)11-13-35(31)39/h1-4,6-13,16-20H,5,14-15,21-22H2. The molecule has 0 fully saturated rings. The molecule has 0 radical (unpaired) electrons. The van der Waals surface area contributed by atoms with Crippen molar-refractivity contribution in [2.45, 2.75) is 32.6 Å². The Morgan fingerprint density at radius 1 is 0.565 bits per heavy atom. The first-order valence-electron chi connectivity index (χ1n) is 15.1. The first-order chi connectivity index (χ1) is 22.4. The number of rotatable bonds is 3. The van der Waals surface area contributed by atoms with Crippen LogP contribution in [0.15, 0.2) is 103 Å². The molecule has 10 nitrogen and oxygen atoms in total. The molecule has 4 aliphatic rings. The molecule has 46 heavy (non-hydrogen) atoms. The highest BCUT2D eigenvalue weighted by molar-refractivity contribution is 6.09. The number of nitro benzene ring substituents is 2. The zero-order valence-electron chi connectivity index (χ0n) is 24.6. The molecule has 5 aromatic carbocycles. The summed E-state index contributed by atoms with van der Waals surface area (Å²) in [7, 11) is 0. The number of amides is 1. The molecule has 2 aromatic heterocycles. The molecule has 10 heteroatoms. The van der Waals surface area contributed by atoms with Gasteiger partial charge in [-0.1, -0.05) is 48.5 Å². The lowest BCUT2D eigenvalue weighted by atomic mass is 10.1. The number of aromatic nitrogens is 2. The van der Waals surface area contributed by atoms with Crippen molar-refractivity contribution in [1.29, 1.82) is 0 Å². The van der Waals surface area contributed by atoms with Crippen molar-refractivity contribution >= 4 is 60.9 Å². The molecule has 226 valence electrons. The first kappa shape index (κ1) is 27.5. The SMILES string of the molecule is O=C(c1cc([N+](=O)[O-])cc([N+](=O)[O-])c1)N1Cc2ccc3c(c2)c2ccccc2n3CCCn2c3ccccc3c3cc(ccc32)C1. The van der Waals surface area contributed by atoms with E-state index in [1.807, 2.05) is 36.4 Å². The lowest BCUT2D eigenvalue weighted by Crippen LogP contribution is -2.30. The van der Waals surface area contributed by atoms with Crippen molar-refractivity contribution in [3.05, 3.63) is 140 Å². The Labute approximate surface area is 262 Å². The number of carbonyl (C=O) groups excluding carboxylic acids is 1. The number of carbonyl (C=O) groups is 1. The number of aryl methyl sites for hydroxylation is 2. The van der Waals surface area contributed by atoms with Crippen LogP contribution in [-0.2, 0) is 26.2 Å². The Balaban J connectivity index is 1.33. The van der Waals surface area contributed by atoms with Crippen LogP contribution in [0.1, 0.15) is 27.9 Å². The van der Waals surface area contributed by atoms with Gasteiger partial charge in [0.1, 0.15) is 0 Å². The number of benzene rings is 5. The lowest BCUT2D eigenvalue weighted by Gasteiger charge is -2.24. The largest absolute Gasteiger partial charge is 0.340 e. The third-order valence-corrected chi connectivity index (χ3v) is 9.04. The third-order valence-electron chi connectivity index (χ3n) is 9.04. The number of fused-ring (bicyclic) bond motifs is 2. The van der Waals surface area contributed by atoms with E-state index in [9.17, 15) is 25.0 Å². The van der Waals surface area contributed by atoms with Crippen LogP contribution in [0, 0.1) is 20.2 Å². The summed E-state index contributed by atoms with van der Waals surface area (Å²) in [6.07, 6.45) is 0.933. The Kier molecular flexibility index (Phi) is 6.31. The summed E-state index contributed by atoms with van der Waals surface area (Å²) >= 11 is 0. The normalized spacial score (nSPS) is 13.6. The quantitative estimate of drug-likeness (QED) is 0.149. The van der Waals surface area contributed by atoms with Gasteiger partial charge >= 0.3 is 0 Å². The van der Waals surface area contributed by atoms with Gasteiger partial charge in [0.25, 0.3) is 17.3 Å². The van der Waals surface area contributed by atoms with Gasteiger partial charge in [-0.3, -0.25) is 25.0 Å². The number of para-hydroxylation sites is 2. The second-order valence-electron chi connectivity index (χ2n) is 11.8. The molecule has 0 spiro atoms. The number of nitrogens with zero attached hydrogens (tertiary/aromatic N) is 5. The van der Waals surface area contributed by atoms with Crippen LogP contribution in [0.5, 0.6) is 0 Å². The van der Waals surface area contributed by atoms with E-state index in [-0.39, 0.29) is 18.7 Å². The maximum Gasteiger partial charge on any atom is 0.277 e. The molecule has 0 unspecified atom stereocenters. The molecule has 6 heterocycles. The van der Waals surface area contributed by atoms with Gasteiger partial charge in [0.05, 0.1) is 21.5 Å². The fourth-order valence-electron chi connectivity index (χ4n) is 7.02. The summed E-state index contributed by atoms with van der Waals surface area (Å²) in [6, 6.07) is 32.1. The zero-order valence-corrected chi connectivity index (χ0v) is 24.6. The van der Waals surface area contributed by atoms with Crippen molar-refractivity contribution in [2.24, 2.45) is 0 Å². The zero-order chi connectivity index (χ0) is 31.5. The van der Waals surface area contributed by atoms with Gasteiger partial charge in [-0.15, -0.1) is 0 Å². The van der Waals surface area contributed by atoms with Crippen LogP contribution in [0.3, 0.4) is 0 Å². The highest BCUT2D eigenvalue weighted by Gasteiger charge is 2.25. The van der Waals surface area contributed by atoms with Gasteiger partial charge in [0.15, 0.2) is 0 Å². The van der Waals surface area contributed by atoms with Gasteiger partial charge < -0.3 is 14.0 Å². The lowest BCUT2D eigenvalue weighted by molar-refractivity contribution is -0.394. The van der Waals surface area contributed by atoms with Crippen LogP contribution in [0.4, 0.5) is 11.4 Å². The molecule has 0 saturated heterocycles. The average molecular weight is 610 g/mol. The van der Waals surface area contributed by atoms with Crippen LogP contribution >= 0.6 is 0 Å². The Morgan fingerprint density at radius 2 is 1.02 bits per heavy atom. The Bertz CT molecular complexity index is 2250. The van der Waals surface area contributed by atoms with Gasteiger partial charge in [0, 0.05) is 81.9 Å². The summed E-state index contributed by atoms with van der Waals surface area (Å²) in [5.74, 6) is -0.530. The maximum atomic E-state index is 14.2. The molecule has 8 bridgehead atoms. The van der Waals surface area contributed by atoms with E-state index in [0.717, 1.165) is 92.4 Å². The minimum atomic E-state index is -0.717. The summed E-state index contributed by atoms with van der Waals surface area (Å²) < 4.78 is 4.72. The van der Waals surface area contributed by atoms with E-state index in [2.05, 4.69) is 57.7 Å². The second kappa shape index (κ2) is 10.6. The molecule has 1 amide bonds. The van der Waals surface area contributed by atoms with Gasteiger partial charge in [-0.05, 0) is 53.9 Å². The number of nitro groups is 2. The van der Waals surface area contributed by atoms with Crippen molar-refractivity contribution in [3.8, 4) is 0 Å². The summed E-state index contributed by atoms with van der Waals surface area (Å²) in [5.41, 5.74) is 5.15. The minimum absolute atomic E-state index is 0.106. The summed E-state index contributed by atoms with van der Waals surface area (Å²) in [5, 5.41) is 27.7. The van der Waals surface area contributed by atoms with Gasteiger partial charge in [-0.2, -0.15) is 0 Å². The van der Waals surface area contributed by atoms with E-state index < -0.39 is 27.1 Å². The smallest absolute Gasteiger partial charge is 0.277 e. The monoisotopic (exact) mass is 609 g/mol. The van der Waals surface area contributed by atoms with Gasteiger partial charge in [0.2, 0.25) is 0 Å². The minimum Gasteiger partial charge on any atom is -0.340 e. The molecular formula is C36H27N5O5. The summed E-state index contributed by atoms with van der Waals surface area (Å²) in [4.78, 5) is 37.7. The number of non-ortho nitro benzene ring substituents is 2. The van der Waals surface area contributed by atoms with E-state index in [0.29, 0.717) is 0 Å². The molecule has 11 rings (SSSR count). The third kappa shape index (κ3) is 4.45. The van der Waals surface area contributed by atoms with E-state index in [1.165, 1.54) is 0 Å². The fourth-order valence-corrected chi connectivity index (χ4v) is 7.02. The first-order valence-corrected chi connectivity index (χ1v) is 15.1. The molecule has 0 saturated carbocycles. The molecule has 4 aliphatic heterocycles. The maximum absolute atomic E-state index is 14.2. The topological polar surface area (TPSA) is 116 Å². The van der Waals surface area contributed by atoms with Crippen LogP contribution < -0.4 is 0 Å². The predicted molar refractivity (Wildman–Crippen MR) is 177 cm³/mol. The fraction of sp³-hybridized carbons (Fsp3) is 0.139. The predicted octanol–water partition coefficient (Wildman–Crippen LogP) is 7.97. The van der Waals surface area contributed by atoms with E-state index in [1.54, 1.807) is 4.90 Å².